The second kappa shape index (κ2) is 8.85. The molecule has 1 atom stereocenters. The predicted molar refractivity (Wildman–Crippen MR) is 117 cm³/mol. The minimum atomic E-state index is -0.0363. The molecule has 1 aromatic carbocycles. The van der Waals surface area contributed by atoms with Gasteiger partial charge in [0.25, 0.3) is 0 Å². The van der Waals surface area contributed by atoms with Gasteiger partial charge in [0.1, 0.15) is 0 Å². The smallest absolute Gasteiger partial charge is 0.314 e. The Bertz CT molecular complexity index is 817. The molecular formula is C24H32N4O. The van der Waals surface area contributed by atoms with Crippen LogP contribution < -0.4 is 15.5 Å². The van der Waals surface area contributed by atoms with Gasteiger partial charge in [-0.25, -0.2) is 4.79 Å². The number of hydrogen-bond acceptors (Lipinski definition) is 3. The third-order valence-electron chi connectivity index (χ3n) is 6.68. The van der Waals surface area contributed by atoms with E-state index in [0.717, 1.165) is 45.3 Å². The summed E-state index contributed by atoms with van der Waals surface area (Å²) in [6.07, 6.45) is 9.36. The number of aromatic nitrogens is 1. The van der Waals surface area contributed by atoms with Gasteiger partial charge in [0, 0.05) is 49.7 Å². The number of nitrogens with zero attached hydrogens (tertiary/aromatic N) is 2. The van der Waals surface area contributed by atoms with E-state index in [1.165, 1.54) is 23.2 Å². The van der Waals surface area contributed by atoms with Gasteiger partial charge in [0.15, 0.2) is 0 Å². The summed E-state index contributed by atoms with van der Waals surface area (Å²) in [4.78, 5) is 18.9. The van der Waals surface area contributed by atoms with Crippen molar-refractivity contribution in [3.63, 3.8) is 0 Å². The van der Waals surface area contributed by atoms with E-state index in [9.17, 15) is 4.79 Å². The van der Waals surface area contributed by atoms with Crippen LogP contribution in [0.5, 0.6) is 0 Å². The minimum absolute atomic E-state index is 0.0298. The van der Waals surface area contributed by atoms with Crippen LogP contribution in [0.2, 0.25) is 0 Å². The molecule has 2 aromatic rings. The number of pyridine rings is 1. The number of nitrogens with one attached hydrogen (secondary N) is 2. The van der Waals surface area contributed by atoms with Crippen LogP contribution in [0.25, 0.3) is 0 Å². The Labute approximate surface area is 173 Å². The van der Waals surface area contributed by atoms with Gasteiger partial charge < -0.3 is 15.5 Å². The largest absolute Gasteiger partial charge is 0.371 e. The summed E-state index contributed by atoms with van der Waals surface area (Å²) in [5.74, 6) is 0.546. The lowest BCUT2D eigenvalue weighted by molar-refractivity contribution is 0.233. The maximum Gasteiger partial charge on any atom is 0.314 e. The number of urea groups is 1. The minimum Gasteiger partial charge on any atom is -0.371 e. The first-order valence-electron chi connectivity index (χ1n) is 10.9. The molecule has 1 fully saturated rings. The van der Waals surface area contributed by atoms with Crippen LogP contribution in [0.15, 0.2) is 48.8 Å². The molecule has 2 heterocycles. The molecule has 1 aromatic heterocycles. The number of carbonyl (C=O) groups excluding carboxylic acids is 1. The van der Waals surface area contributed by atoms with Crippen molar-refractivity contribution in [3.05, 3.63) is 59.9 Å². The average molecular weight is 393 g/mol. The molecule has 0 radical (unpaired) electrons. The molecule has 4 rings (SSSR count). The molecule has 0 saturated carbocycles. The molecule has 2 N–H and O–H groups in total. The van der Waals surface area contributed by atoms with Crippen LogP contribution in [-0.4, -0.2) is 37.2 Å². The van der Waals surface area contributed by atoms with Crippen molar-refractivity contribution >= 4 is 11.7 Å². The predicted octanol–water partition coefficient (Wildman–Crippen LogP) is 3.89. The van der Waals surface area contributed by atoms with Crippen molar-refractivity contribution < 1.29 is 4.79 Å². The Kier molecular flexibility index (Phi) is 6.02. The summed E-state index contributed by atoms with van der Waals surface area (Å²) < 4.78 is 0. The Morgan fingerprint density at radius 3 is 2.69 bits per heavy atom. The van der Waals surface area contributed by atoms with Crippen LogP contribution in [0.3, 0.4) is 0 Å². The van der Waals surface area contributed by atoms with E-state index in [0.29, 0.717) is 12.5 Å². The lowest BCUT2D eigenvalue weighted by atomic mass is 9.71. The molecule has 0 bridgehead atoms. The van der Waals surface area contributed by atoms with Gasteiger partial charge in [0.2, 0.25) is 0 Å². The van der Waals surface area contributed by atoms with Crippen molar-refractivity contribution in [3.8, 4) is 0 Å². The third kappa shape index (κ3) is 4.72. The Hall–Kier alpha value is -2.56. The number of hydrogen-bond donors (Lipinski definition) is 2. The number of amides is 2. The number of carbonyl (C=O) groups is 1. The zero-order chi connectivity index (χ0) is 20.1. The summed E-state index contributed by atoms with van der Waals surface area (Å²) in [6.45, 7) is 5.79. The van der Waals surface area contributed by atoms with Gasteiger partial charge in [-0.15, -0.1) is 0 Å². The summed E-state index contributed by atoms with van der Waals surface area (Å²) in [6, 6.07) is 12.8. The number of benzene rings is 1. The number of piperidine rings is 1. The topological polar surface area (TPSA) is 57.3 Å². The van der Waals surface area contributed by atoms with Gasteiger partial charge in [-0.2, -0.15) is 0 Å². The van der Waals surface area contributed by atoms with Crippen molar-refractivity contribution in [1.82, 2.24) is 15.6 Å². The summed E-state index contributed by atoms with van der Waals surface area (Å²) in [5, 5.41) is 6.25. The molecule has 1 saturated heterocycles. The van der Waals surface area contributed by atoms with Crippen LogP contribution in [0.1, 0.15) is 43.7 Å². The Morgan fingerprint density at radius 2 is 1.90 bits per heavy atom. The second-order valence-corrected chi connectivity index (χ2v) is 8.77. The van der Waals surface area contributed by atoms with Crippen molar-refractivity contribution in [2.75, 3.05) is 31.1 Å². The number of anilines is 1. The first kappa shape index (κ1) is 19.7. The number of aryl methyl sites for hydroxylation is 1. The maximum atomic E-state index is 12.4. The van der Waals surface area contributed by atoms with Crippen LogP contribution >= 0.6 is 0 Å². The molecule has 1 aliphatic heterocycles. The summed E-state index contributed by atoms with van der Waals surface area (Å²) in [5.41, 5.74) is 4.10. The molecule has 0 spiro atoms. The van der Waals surface area contributed by atoms with Crippen LogP contribution in [0, 0.1) is 5.92 Å². The highest BCUT2D eigenvalue weighted by Gasteiger charge is 2.32. The molecule has 2 amide bonds. The van der Waals surface area contributed by atoms with E-state index in [1.807, 2.05) is 12.4 Å². The summed E-state index contributed by atoms with van der Waals surface area (Å²) in [7, 11) is 0. The van der Waals surface area contributed by atoms with Crippen LogP contribution in [-0.2, 0) is 11.8 Å². The fraction of sp³-hybridized carbons (Fsp3) is 0.500. The highest BCUT2D eigenvalue weighted by molar-refractivity contribution is 5.74. The molecular weight excluding hydrogens is 360 g/mol. The van der Waals surface area contributed by atoms with Gasteiger partial charge in [0.05, 0.1) is 0 Å². The standard InChI is InChI=1S/C24H32N4O/c1-24(12-4-6-20-5-2-3-7-22(20)24)18-27-23(29)26-17-19-10-15-28(16-11-19)21-8-13-25-14-9-21/h2-3,5,7-9,13-14,19H,4,6,10-12,15-18H2,1H3,(H2,26,27,29). The monoisotopic (exact) mass is 392 g/mol. The van der Waals surface area contributed by atoms with Gasteiger partial charge in [-0.3, -0.25) is 4.98 Å². The highest BCUT2D eigenvalue weighted by Crippen LogP contribution is 2.36. The lowest BCUT2D eigenvalue weighted by Gasteiger charge is -2.36. The van der Waals surface area contributed by atoms with E-state index in [-0.39, 0.29) is 11.4 Å². The van der Waals surface area contributed by atoms with Gasteiger partial charge in [-0.1, -0.05) is 31.2 Å². The molecule has 5 heteroatoms. The first-order valence-corrected chi connectivity index (χ1v) is 10.9. The van der Waals surface area contributed by atoms with Crippen molar-refractivity contribution in [2.45, 2.75) is 44.4 Å². The molecule has 1 aliphatic carbocycles. The Balaban J connectivity index is 1.21. The summed E-state index contributed by atoms with van der Waals surface area (Å²) >= 11 is 0. The number of fused-ring (bicyclic) bond motifs is 1. The average Bonchev–Trinajstić information content (AvgIpc) is 2.78. The third-order valence-corrected chi connectivity index (χ3v) is 6.68. The lowest BCUT2D eigenvalue weighted by Crippen LogP contribution is -2.46. The maximum absolute atomic E-state index is 12.4. The molecule has 2 aliphatic rings. The highest BCUT2D eigenvalue weighted by atomic mass is 16.2. The molecule has 29 heavy (non-hydrogen) atoms. The fourth-order valence-electron chi connectivity index (χ4n) is 4.84. The van der Waals surface area contributed by atoms with E-state index >= 15 is 0 Å². The SMILES string of the molecule is CC1(CNC(=O)NCC2CCN(c3ccncc3)CC2)CCCc2ccccc21. The first-order chi connectivity index (χ1) is 14.1. The van der Waals surface area contributed by atoms with Gasteiger partial charge >= 0.3 is 6.03 Å². The molecule has 1 unspecified atom stereocenters. The van der Waals surface area contributed by atoms with Crippen molar-refractivity contribution in [1.29, 1.82) is 0 Å². The van der Waals surface area contributed by atoms with Crippen molar-refractivity contribution in [2.24, 2.45) is 5.92 Å². The quantitative estimate of drug-likeness (QED) is 0.812. The molecule has 154 valence electrons. The molecule has 5 nitrogen and oxygen atoms in total. The van der Waals surface area contributed by atoms with E-state index in [2.05, 4.69) is 63.8 Å². The fourth-order valence-corrected chi connectivity index (χ4v) is 4.84. The zero-order valence-corrected chi connectivity index (χ0v) is 17.4. The number of rotatable bonds is 5. The normalized spacial score (nSPS) is 22.0. The van der Waals surface area contributed by atoms with E-state index < -0.39 is 0 Å². The van der Waals surface area contributed by atoms with E-state index in [1.54, 1.807) is 0 Å². The van der Waals surface area contributed by atoms with Crippen LogP contribution in [0.4, 0.5) is 10.5 Å². The second-order valence-electron chi connectivity index (χ2n) is 8.77. The zero-order valence-electron chi connectivity index (χ0n) is 17.4. The van der Waals surface area contributed by atoms with E-state index in [4.69, 9.17) is 0 Å². The van der Waals surface area contributed by atoms with Gasteiger partial charge in [-0.05, 0) is 61.3 Å². The Morgan fingerprint density at radius 1 is 1.14 bits per heavy atom.